The molecule has 0 heterocycles. The zero-order valence-corrected chi connectivity index (χ0v) is 11.7. The summed E-state index contributed by atoms with van der Waals surface area (Å²) in [5, 5.41) is 0. The molecule has 0 amide bonds. The van der Waals surface area contributed by atoms with Crippen LogP contribution in [0, 0.1) is 0 Å². The van der Waals surface area contributed by atoms with Crippen LogP contribution in [0.3, 0.4) is 0 Å². The standard InChI is InChI=1S/C12H24O2Si/c1-7-10(4)15(6,11(5)8-2)14-12(13)9-3/h9-11H,3,7-8H2,1-2,4-6H3. The second kappa shape index (κ2) is 6.11. The molecule has 0 radical (unpaired) electrons. The molecule has 2 nitrogen and oxygen atoms in total. The fourth-order valence-electron chi connectivity index (χ4n) is 1.76. The van der Waals surface area contributed by atoms with Gasteiger partial charge in [0, 0.05) is 6.08 Å². The van der Waals surface area contributed by atoms with E-state index in [4.69, 9.17) is 4.43 Å². The Labute approximate surface area is 94.8 Å². The topological polar surface area (TPSA) is 26.3 Å². The molecule has 0 bridgehead atoms. The van der Waals surface area contributed by atoms with Gasteiger partial charge in [0.1, 0.15) is 0 Å². The van der Waals surface area contributed by atoms with Gasteiger partial charge in [0.2, 0.25) is 0 Å². The SMILES string of the molecule is C=CC(=O)O[Si](C)(C(C)CC)C(C)CC. The Hall–Kier alpha value is -0.573. The average molecular weight is 228 g/mol. The lowest BCUT2D eigenvalue weighted by atomic mass is 10.3. The Bertz CT molecular complexity index is 216. The van der Waals surface area contributed by atoms with Crippen molar-refractivity contribution in [1.82, 2.24) is 0 Å². The maximum atomic E-state index is 11.4. The zero-order valence-electron chi connectivity index (χ0n) is 10.7. The van der Waals surface area contributed by atoms with E-state index in [0.717, 1.165) is 12.8 Å². The third-order valence-corrected chi connectivity index (χ3v) is 9.04. The first-order valence-corrected chi connectivity index (χ1v) is 8.34. The summed E-state index contributed by atoms with van der Waals surface area (Å²) >= 11 is 0. The molecule has 0 spiro atoms. The summed E-state index contributed by atoms with van der Waals surface area (Å²) in [6, 6.07) is 0. The number of hydrogen-bond donors (Lipinski definition) is 0. The molecule has 0 fully saturated rings. The van der Waals surface area contributed by atoms with Crippen molar-refractivity contribution in [1.29, 1.82) is 0 Å². The number of carbonyl (C=O) groups excluding carboxylic acids is 1. The van der Waals surface area contributed by atoms with E-state index in [1.807, 2.05) is 0 Å². The minimum atomic E-state index is -1.96. The molecule has 2 atom stereocenters. The van der Waals surface area contributed by atoms with Gasteiger partial charge < -0.3 is 4.43 Å². The lowest BCUT2D eigenvalue weighted by Gasteiger charge is -2.36. The van der Waals surface area contributed by atoms with Crippen molar-refractivity contribution in [3.63, 3.8) is 0 Å². The summed E-state index contributed by atoms with van der Waals surface area (Å²) in [5.41, 5.74) is 0.993. The lowest BCUT2D eigenvalue weighted by molar-refractivity contribution is -0.130. The number of rotatable bonds is 6. The van der Waals surface area contributed by atoms with Gasteiger partial charge in [-0.05, 0) is 17.6 Å². The normalized spacial score (nSPS) is 18.7. The van der Waals surface area contributed by atoms with Crippen LogP contribution >= 0.6 is 0 Å². The largest absolute Gasteiger partial charge is 0.516 e. The molecule has 0 aliphatic heterocycles. The highest BCUT2D eigenvalue weighted by atomic mass is 28.4. The molecule has 0 aromatic carbocycles. The predicted octanol–water partition coefficient (Wildman–Crippen LogP) is 3.89. The Morgan fingerprint density at radius 3 is 2.00 bits per heavy atom. The molecule has 0 aromatic heterocycles. The summed E-state index contributed by atoms with van der Waals surface area (Å²) in [6.45, 7) is 14.3. The van der Waals surface area contributed by atoms with Gasteiger partial charge in [0.15, 0.2) is 0 Å². The molecule has 0 rings (SSSR count). The second-order valence-corrected chi connectivity index (χ2v) is 8.97. The van der Waals surface area contributed by atoms with Gasteiger partial charge in [0.25, 0.3) is 8.32 Å². The molecule has 0 saturated carbocycles. The van der Waals surface area contributed by atoms with E-state index in [-0.39, 0.29) is 5.97 Å². The Kier molecular flexibility index (Phi) is 5.87. The van der Waals surface area contributed by atoms with E-state index in [1.54, 1.807) is 0 Å². The highest BCUT2D eigenvalue weighted by Crippen LogP contribution is 2.37. The Balaban J connectivity index is 4.84. The van der Waals surface area contributed by atoms with Gasteiger partial charge in [-0.15, -0.1) is 0 Å². The van der Waals surface area contributed by atoms with Crippen LogP contribution in [0.1, 0.15) is 40.5 Å². The molecule has 2 unspecified atom stereocenters. The first-order valence-electron chi connectivity index (χ1n) is 5.77. The second-order valence-electron chi connectivity index (χ2n) is 4.43. The molecule has 0 N–H and O–H groups in total. The van der Waals surface area contributed by atoms with Gasteiger partial charge >= 0.3 is 5.97 Å². The quantitative estimate of drug-likeness (QED) is 0.509. The molecule has 0 aliphatic carbocycles. The van der Waals surface area contributed by atoms with E-state index in [0.29, 0.717) is 11.1 Å². The monoisotopic (exact) mass is 228 g/mol. The third-order valence-electron chi connectivity index (χ3n) is 3.67. The van der Waals surface area contributed by atoms with Gasteiger partial charge in [-0.3, -0.25) is 0 Å². The molecular formula is C12H24O2Si. The van der Waals surface area contributed by atoms with Crippen LogP contribution in [0.4, 0.5) is 0 Å². The minimum absolute atomic E-state index is 0.259. The molecule has 0 aromatic rings. The van der Waals surface area contributed by atoms with Crippen molar-refractivity contribution in [3.05, 3.63) is 12.7 Å². The summed E-state index contributed by atoms with van der Waals surface area (Å²) in [7, 11) is -1.96. The zero-order chi connectivity index (χ0) is 12.1. The van der Waals surface area contributed by atoms with E-state index in [9.17, 15) is 4.79 Å². The third kappa shape index (κ3) is 3.49. The van der Waals surface area contributed by atoms with E-state index >= 15 is 0 Å². The average Bonchev–Trinajstić information content (AvgIpc) is 2.25. The van der Waals surface area contributed by atoms with Crippen LogP contribution in [0.15, 0.2) is 12.7 Å². The van der Waals surface area contributed by atoms with Crippen LogP contribution in [0.2, 0.25) is 17.6 Å². The number of hydrogen-bond acceptors (Lipinski definition) is 2. The molecule has 0 saturated heterocycles. The predicted molar refractivity (Wildman–Crippen MR) is 67.3 cm³/mol. The maximum absolute atomic E-state index is 11.4. The van der Waals surface area contributed by atoms with E-state index in [1.165, 1.54) is 6.08 Å². The fourth-order valence-corrected chi connectivity index (χ4v) is 5.27. The maximum Gasteiger partial charge on any atom is 0.316 e. The fraction of sp³-hybridized carbons (Fsp3) is 0.750. The van der Waals surface area contributed by atoms with Gasteiger partial charge in [-0.2, -0.15) is 0 Å². The van der Waals surface area contributed by atoms with E-state index < -0.39 is 8.32 Å². The van der Waals surface area contributed by atoms with Crippen molar-refractivity contribution in [2.24, 2.45) is 0 Å². The molecular weight excluding hydrogens is 204 g/mol. The Morgan fingerprint density at radius 2 is 1.73 bits per heavy atom. The lowest BCUT2D eigenvalue weighted by Crippen LogP contribution is -2.44. The van der Waals surface area contributed by atoms with E-state index in [2.05, 4.69) is 40.8 Å². The highest BCUT2D eigenvalue weighted by Gasteiger charge is 2.42. The van der Waals surface area contributed by atoms with Crippen molar-refractivity contribution in [2.45, 2.75) is 58.2 Å². The Morgan fingerprint density at radius 1 is 1.33 bits per heavy atom. The van der Waals surface area contributed by atoms with Crippen LogP contribution in [0.5, 0.6) is 0 Å². The first-order chi connectivity index (χ1) is 6.92. The smallest absolute Gasteiger partial charge is 0.316 e. The van der Waals surface area contributed by atoms with Crippen LogP contribution in [-0.4, -0.2) is 14.3 Å². The van der Waals surface area contributed by atoms with Crippen molar-refractivity contribution >= 4 is 14.3 Å². The van der Waals surface area contributed by atoms with Crippen molar-refractivity contribution in [3.8, 4) is 0 Å². The van der Waals surface area contributed by atoms with Crippen molar-refractivity contribution in [2.75, 3.05) is 0 Å². The summed E-state index contributed by atoms with van der Waals surface area (Å²) in [6.07, 6.45) is 3.41. The summed E-state index contributed by atoms with van der Waals surface area (Å²) < 4.78 is 5.67. The molecule has 0 aliphatic rings. The van der Waals surface area contributed by atoms with Crippen LogP contribution < -0.4 is 0 Å². The summed E-state index contributed by atoms with van der Waals surface area (Å²) in [5.74, 6) is -0.259. The highest BCUT2D eigenvalue weighted by molar-refractivity contribution is 6.76. The first kappa shape index (κ1) is 14.4. The van der Waals surface area contributed by atoms with Crippen LogP contribution in [-0.2, 0) is 9.22 Å². The minimum Gasteiger partial charge on any atom is -0.516 e. The van der Waals surface area contributed by atoms with Crippen LogP contribution in [0.25, 0.3) is 0 Å². The van der Waals surface area contributed by atoms with Gasteiger partial charge in [-0.1, -0.05) is 47.1 Å². The van der Waals surface area contributed by atoms with Gasteiger partial charge in [-0.25, -0.2) is 4.79 Å². The number of carbonyl (C=O) groups is 1. The van der Waals surface area contributed by atoms with Crippen molar-refractivity contribution < 1.29 is 9.22 Å². The molecule has 3 heteroatoms. The van der Waals surface area contributed by atoms with Gasteiger partial charge in [0.05, 0.1) is 0 Å². The summed E-state index contributed by atoms with van der Waals surface area (Å²) in [4.78, 5) is 11.4. The molecule has 15 heavy (non-hydrogen) atoms. The molecule has 88 valence electrons.